The van der Waals surface area contributed by atoms with Crippen LogP contribution in [0.5, 0.6) is 0 Å². The van der Waals surface area contributed by atoms with E-state index in [2.05, 4.69) is 5.97 Å². The van der Waals surface area contributed by atoms with Gasteiger partial charge in [-0.3, -0.25) is 4.79 Å². The van der Waals surface area contributed by atoms with Gasteiger partial charge in [-0.1, -0.05) is 29.5 Å². The smallest absolute Gasteiger partial charge is 0.272 e. The summed E-state index contributed by atoms with van der Waals surface area (Å²) in [5.41, 5.74) is 2.01. The highest BCUT2D eigenvalue weighted by atomic mass is 35.5. The van der Waals surface area contributed by atoms with Crippen molar-refractivity contribution in [3.05, 3.63) is 32.8 Å². The molecule has 0 N–H and O–H groups in total. The predicted octanol–water partition coefficient (Wildman–Crippen LogP) is 3.57. The van der Waals surface area contributed by atoms with Crippen molar-refractivity contribution in [1.29, 1.82) is 5.26 Å². The molecule has 0 fully saturated rings. The first-order valence-corrected chi connectivity index (χ1v) is 6.27. The van der Waals surface area contributed by atoms with Crippen LogP contribution < -0.4 is 0 Å². The molecule has 0 atom stereocenters. The molecule has 1 heterocycles. The van der Waals surface area contributed by atoms with Gasteiger partial charge in [0.2, 0.25) is 0 Å². The molecule has 6 heteroatoms. The van der Waals surface area contributed by atoms with Gasteiger partial charge in [0.15, 0.2) is 0 Å². The van der Waals surface area contributed by atoms with Crippen LogP contribution in [0.4, 0.5) is 0 Å². The van der Waals surface area contributed by atoms with Gasteiger partial charge in [0.05, 0.1) is 15.6 Å². The summed E-state index contributed by atoms with van der Waals surface area (Å²) in [6, 6.07) is 1.70. The maximum absolute atomic E-state index is 11.2. The van der Waals surface area contributed by atoms with E-state index in [0.29, 0.717) is 17.8 Å². The number of nitrogens with zero attached hydrogens (tertiary/aromatic N) is 1. The molecule has 1 aromatic carbocycles. The van der Waals surface area contributed by atoms with Crippen LogP contribution in [0, 0.1) is 11.2 Å². The van der Waals surface area contributed by atoms with Crippen LogP contribution >= 0.6 is 34.8 Å². The number of fused-ring (bicyclic) bond motifs is 1. The Morgan fingerprint density at radius 3 is 2.76 bits per heavy atom. The molecule has 2 nitrogen and oxygen atoms in total. The average molecular weight is 286 g/mol. The van der Waals surface area contributed by atoms with Crippen LogP contribution in [0.2, 0.25) is 16.4 Å². The number of halogens is 3. The lowest BCUT2D eigenvalue weighted by Crippen LogP contribution is -2.22. The zero-order valence-corrected chi connectivity index (χ0v) is 11.0. The highest BCUT2D eigenvalue weighted by molar-refractivity contribution is 6.70. The van der Waals surface area contributed by atoms with Gasteiger partial charge in [-0.25, -0.2) is 5.26 Å². The SMILES string of the molecule is N#CB1CCc2c(cc(Cl)c(C(=O)Cl)c2Cl)C1. The second-order valence-electron chi connectivity index (χ2n) is 4.03. The summed E-state index contributed by atoms with van der Waals surface area (Å²) in [6.45, 7) is -0.00723. The van der Waals surface area contributed by atoms with Crippen molar-refractivity contribution in [3.63, 3.8) is 0 Å². The highest BCUT2D eigenvalue weighted by Gasteiger charge is 2.27. The van der Waals surface area contributed by atoms with Crippen LogP contribution in [-0.2, 0) is 12.7 Å². The number of nitriles is 1. The van der Waals surface area contributed by atoms with Crippen molar-refractivity contribution in [1.82, 2.24) is 0 Å². The molecule has 0 amide bonds. The lowest BCUT2D eigenvalue weighted by Gasteiger charge is -2.20. The van der Waals surface area contributed by atoms with E-state index in [1.165, 1.54) is 0 Å². The fourth-order valence-corrected chi connectivity index (χ4v) is 3.19. The molecular formula is C11H7BCl3NO. The fourth-order valence-electron chi connectivity index (χ4n) is 2.14. The standard InChI is InChI=1S/C11H7BCl3NO/c13-8-3-6-4-12(5-16)2-1-7(6)10(14)9(8)11(15)17/h3H,1-2,4H2. The molecule has 17 heavy (non-hydrogen) atoms. The molecule has 1 aliphatic rings. The van der Waals surface area contributed by atoms with Gasteiger partial charge in [0, 0.05) is 5.97 Å². The Morgan fingerprint density at radius 2 is 2.18 bits per heavy atom. The first-order valence-electron chi connectivity index (χ1n) is 5.13. The minimum atomic E-state index is -0.648. The quantitative estimate of drug-likeness (QED) is 0.585. The van der Waals surface area contributed by atoms with E-state index in [1.807, 2.05) is 0 Å². The number of rotatable bonds is 1. The van der Waals surface area contributed by atoms with Gasteiger partial charge in [-0.05, 0) is 41.5 Å². The third-order valence-electron chi connectivity index (χ3n) is 3.00. The van der Waals surface area contributed by atoms with E-state index in [0.717, 1.165) is 17.4 Å². The Kier molecular flexibility index (Phi) is 3.68. The summed E-state index contributed by atoms with van der Waals surface area (Å²) < 4.78 is 0. The van der Waals surface area contributed by atoms with Crippen molar-refractivity contribution < 1.29 is 4.79 Å². The average Bonchev–Trinajstić information content (AvgIpc) is 2.27. The van der Waals surface area contributed by atoms with E-state index >= 15 is 0 Å². The van der Waals surface area contributed by atoms with Gasteiger partial charge < -0.3 is 0 Å². The van der Waals surface area contributed by atoms with E-state index in [-0.39, 0.29) is 17.3 Å². The van der Waals surface area contributed by atoms with E-state index in [9.17, 15) is 4.79 Å². The Morgan fingerprint density at radius 1 is 1.47 bits per heavy atom. The van der Waals surface area contributed by atoms with Gasteiger partial charge in [-0.15, -0.1) is 0 Å². The number of hydrogen-bond acceptors (Lipinski definition) is 2. The summed E-state index contributed by atoms with van der Waals surface area (Å²) in [6.07, 6.45) is 2.06. The second kappa shape index (κ2) is 4.90. The summed E-state index contributed by atoms with van der Waals surface area (Å²) in [5, 5.41) is 8.85. The van der Waals surface area contributed by atoms with Crippen LogP contribution in [0.15, 0.2) is 6.07 Å². The highest BCUT2D eigenvalue weighted by Crippen LogP contribution is 2.36. The lowest BCUT2D eigenvalue weighted by molar-refractivity contribution is 0.108. The topological polar surface area (TPSA) is 40.9 Å². The molecule has 0 spiro atoms. The van der Waals surface area contributed by atoms with Crippen molar-refractivity contribution >= 4 is 46.8 Å². The Labute approximate surface area is 115 Å². The largest absolute Gasteiger partial charge is 0.275 e. The molecule has 0 saturated carbocycles. The maximum Gasteiger partial charge on any atom is 0.272 e. The summed E-state index contributed by atoms with van der Waals surface area (Å²) in [5.74, 6) is 2.24. The first kappa shape index (κ1) is 12.8. The van der Waals surface area contributed by atoms with Gasteiger partial charge >= 0.3 is 0 Å². The van der Waals surface area contributed by atoms with Crippen LogP contribution in [-0.4, -0.2) is 12.0 Å². The van der Waals surface area contributed by atoms with Gasteiger partial charge in [0.1, 0.15) is 0 Å². The third kappa shape index (κ3) is 2.31. The van der Waals surface area contributed by atoms with Gasteiger partial charge in [0.25, 0.3) is 12.0 Å². The molecule has 1 aliphatic heterocycles. The summed E-state index contributed by atoms with van der Waals surface area (Å²) in [7, 11) is 0. The molecule has 0 radical (unpaired) electrons. The Balaban J connectivity index is 2.55. The second-order valence-corrected chi connectivity index (χ2v) is 5.16. The number of carbonyl (C=O) groups is 1. The molecule has 2 rings (SSSR count). The normalized spacial score (nSPS) is 14.1. The number of hydrogen-bond donors (Lipinski definition) is 0. The third-order valence-corrected chi connectivity index (χ3v) is 3.90. The lowest BCUT2D eigenvalue weighted by atomic mass is 9.42. The van der Waals surface area contributed by atoms with Crippen LogP contribution in [0.25, 0.3) is 0 Å². The summed E-state index contributed by atoms with van der Waals surface area (Å²) >= 11 is 17.6. The van der Waals surface area contributed by atoms with Crippen LogP contribution in [0.3, 0.4) is 0 Å². The first-order chi connectivity index (χ1) is 8.04. The number of carbonyl (C=O) groups excluding carboxylic acids is 1. The molecular weight excluding hydrogens is 279 g/mol. The number of benzene rings is 1. The van der Waals surface area contributed by atoms with Crippen molar-refractivity contribution in [2.24, 2.45) is 0 Å². The zero-order chi connectivity index (χ0) is 12.6. The fraction of sp³-hybridized carbons (Fsp3) is 0.273. The predicted molar refractivity (Wildman–Crippen MR) is 70.2 cm³/mol. The minimum absolute atomic E-state index is 0.00723. The molecule has 0 unspecified atom stereocenters. The van der Waals surface area contributed by atoms with Crippen molar-refractivity contribution in [2.45, 2.75) is 19.1 Å². The van der Waals surface area contributed by atoms with Crippen LogP contribution in [0.1, 0.15) is 21.5 Å². The maximum atomic E-state index is 11.2. The minimum Gasteiger partial charge on any atom is -0.275 e. The van der Waals surface area contributed by atoms with E-state index < -0.39 is 5.24 Å². The zero-order valence-electron chi connectivity index (χ0n) is 8.77. The van der Waals surface area contributed by atoms with E-state index in [4.69, 9.17) is 40.1 Å². The summed E-state index contributed by atoms with van der Waals surface area (Å²) in [4.78, 5) is 11.2. The molecule has 0 aliphatic carbocycles. The molecule has 86 valence electrons. The Hall–Kier alpha value is -0.685. The van der Waals surface area contributed by atoms with E-state index in [1.54, 1.807) is 6.07 Å². The monoisotopic (exact) mass is 285 g/mol. The van der Waals surface area contributed by atoms with Crippen molar-refractivity contribution in [3.8, 4) is 5.97 Å². The van der Waals surface area contributed by atoms with Crippen molar-refractivity contribution in [2.75, 3.05) is 0 Å². The Bertz CT molecular complexity index is 538. The van der Waals surface area contributed by atoms with Gasteiger partial charge in [-0.2, -0.15) is 0 Å². The molecule has 1 aromatic rings. The molecule has 0 saturated heterocycles. The molecule has 0 aromatic heterocycles. The molecule has 0 bridgehead atoms.